The number of amides is 3. The number of nitrogens with one attached hydrogen (secondary N) is 3. The van der Waals surface area contributed by atoms with E-state index in [1.165, 1.54) is 25.3 Å². The summed E-state index contributed by atoms with van der Waals surface area (Å²) in [4.78, 5) is 47.8. The number of nitrogens with zero attached hydrogens (tertiary/aromatic N) is 2. The van der Waals surface area contributed by atoms with Gasteiger partial charge in [0.25, 0.3) is 11.5 Å². The molecule has 0 aliphatic carbocycles. The van der Waals surface area contributed by atoms with E-state index in [9.17, 15) is 19.2 Å². The Morgan fingerprint density at radius 2 is 1.75 bits per heavy atom. The average Bonchev–Trinajstić information content (AvgIpc) is 3.31. The van der Waals surface area contributed by atoms with Crippen molar-refractivity contribution in [1.29, 1.82) is 0 Å². The average molecular weight is 437 g/mol. The van der Waals surface area contributed by atoms with Gasteiger partial charge in [-0.1, -0.05) is 0 Å². The lowest BCUT2D eigenvalue weighted by atomic mass is 10.2. The molecule has 0 bridgehead atoms. The molecule has 1 unspecified atom stereocenters. The zero-order valence-electron chi connectivity index (χ0n) is 17.6. The van der Waals surface area contributed by atoms with Crippen LogP contribution in [0.2, 0.25) is 0 Å². The number of carbonyl (C=O) groups is 3. The molecule has 1 atom stereocenters. The van der Waals surface area contributed by atoms with Gasteiger partial charge in [0, 0.05) is 37.3 Å². The van der Waals surface area contributed by atoms with E-state index < -0.39 is 17.5 Å². The van der Waals surface area contributed by atoms with Crippen LogP contribution in [0, 0.1) is 0 Å². The Labute approximate surface area is 183 Å². The molecule has 0 saturated carbocycles. The van der Waals surface area contributed by atoms with Gasteiger partial charge < -0.3 is 20.4 Å². The third-order valence-electron chi connectivity index (χ3n) is 4.52. The van der Waals surface area contributed by atoms with Crippen LogP contribution in [-0.2, 0) is 9.59 Å². The molecule has 32 heavy (non-hydrogen) atoms. The number of aromatic nitrogens is 2. The van der Waals surface area contributed by atoms with Gasteiger partial charge in [-0.2, -0.15) is 5.10 Å². The van der Waals surface area contributed by atoms with Crippen LogP contribution in [-0.4, -0.2) is 40.6 Å². The third-order valence-corrected chi connectivity index (χ3v) is 4.52. The molecule has 3 aromatic rings. The van der Waals surface area contributed by atoms with Crippen LogP contribution in [0.25, 0.3) is 11.5 Å². The van der Waals surface area contributed by atoms with Gasteiger partial charge in [0.15, 0.2) is 5.76 Å². The van der Waals surface area contributed by atoms with Crippen molar-refractivity contribution in [2.75, 3.05) is 18.4 Å². The quantitative estimate of drug-likeness (QED) is 0.458. The molecule has 0 spiro atoms. The number of hydrogen-bond acceptors (Lipinski definition) is 6. The Morgan fingerprint density at radius 3 is 2.41 bits per heavy atom. The second-order valence-electron chi connectivity index (χ2n) is 6.96. The molecule has 3 rings (SSSR count). The summed E-state index contributed by atoms with van der Waals surface area (Å²) in [5, 5.41) is 12.2. The minimum absolute atomic E-state index is 0.172. The Balaban J connectivity index is 1.50. The molecule has 2 aromatic heterocycles. The fraction of sp³-hybridized carbons (Fsp3) is 0.227. The van der Waals surface area contributed by atoms with Crippen molar-refractivity contribution >= 4 is 23.4 Å². The number of carbonyl (C=O) groups excluding carboxylic acids is 3. The van der Waals surface area contributed by atoms with Crippen LogP contribution in [0.15, 0.2) is 64.0 Å². The van der Waals surface area contributed by atoms with Gasteiger partial charge in [-0.05, 0) is 49.4 Å². The summed E-state index contributed by atoms with van der Waals surface area (Å²) in [5.41, 5.74) is 1.03. The third kappa shape index (κ3) is 5.69. The summed E-state index contributed by atoms with van der Waals surface area (Å²) in [5.74, 6) is -0.438. The number of benzene rings is 1. The molecule has 0 aliphatic heterocycles. The summed E-state index contributed by atoms with van der Waals surface area (Å²) in [7, 11) is 0. The normalized spacial score (nSPS) is 11.4. The van der Waals surface area contributed by atoms with Crippen molar-refractivity contribution in [3.05, 3.63) is 70.7 Å². The maximum atomic E-state index is 12.5. The summed E-state index contributed by atoms with van der Waals surface area (Å²) < 4.78 is 6.36. The van der Waals surface area contributed by atoms with Crippen LogP contribution in [0.5, 0.6) is 0 Å². The standard InChI is InChI=1S/C22H23N5O5/c1-14(27-20(29)10-9-18(26-27)19-4-3-13-32-19)21(30)23-11-12-24-22(31)16-5-7-17(8-6-16)25-15(2)28/h3-10,13-14H,11-12H2,1-2H3,(H,23,30)(H,24,31)(H,25,28). The van der Waals surface area contributed by atoms with Gasteiger partial charge in [-0.3, -0.25) is 19.2 Å². The fourth-order valence-electron chi connectivity index (χ4n) is 2.89. The zero-order valence-corrected chi connectivity index (χ0v) is 17.6. The smallest absolute Gasteiger partial charge is 0.267 e. The first-order valence-electron chi connectivity index (χ1n) is 9.92. The zero-order chi connectivity index (χ0) is 23.1. The van der Waals surface area contributed by atoms with E-state index in [0.717, 1.165) is 4.68 Å². The van der Waals surface area contributed by atoms with Gasteiger partial charge in [-0.15, -0.1) is 0 Å². The Kier molecular flexibility index (Phi) is 7.17. The van der Waals surface area contributed by atoms with Crippen LogP contribution in [0.3, 0.4) is 0 Å². The molecule has 0 saturated heterocycles. The number of hydrogen-bond donors (Lipinski definition) is 3. The largest absolute Gasteiger partial charge is 0.463 e. The van der Waals surface area contributed by atoms with E-state index in [2.05, 4.69) is 21.0 Å². The number of furan rings is 1. The first kappa shape index (κ1) is 22.5. The van der Waals surface area contributed by atoms with E-state index in [1.54, 1.807) is 43.3 Å². The SMILES string of the molecule is CC(=O)Nc1ccc(C(=O)NCCNC(=O)C(C)n2nc(-c3ccco3)ccc2=O)cc1. The van der Waals surface area contributed by atoms with Crippen LogP contribution < -0.4 is 21.5 Å². The van der Waals surface area contributed by atoms with Crippen molar-refractivity contribution in [3.63, 3.8) is 0 Å². The molecular weight excluding hydrogens is 414 g/mol. The van der Waals surface area contributed by atoms with E-state index in [0.29, 0.717) is 22.7 Å². The van der Waals surface area contributed by atoms with Crippen LogP contribution >= 0.6 is 0 Å². The Hall–Kier alpha value is -4.21. The fourth-order valence-corrected chi connectivity index (χ4v) is 2.89. The number of anilines is 1. The summed E-state index contributed by atoms with van der Waals surface area (Å²) in [6.45, 7) is 3.33. The van der Waals surface area contributed by atoms with Crippen molar-refractivity contribution in [2.45, 2.75) is 19.9 Å². The lowest BCUT2D eigenvalue weighted by molar-refractivity contribution is -0.124. The van der Waals surface area contributed by atoms with Gasteiger partial charge in [0.1, 0.15) is 11.7 Å². The molecule has 0 fully saturated rings. The highest BCUT2D eigenvalue weighted by atomic mass is 16.3. The summed E-state index contributed by atoms with van der Waals surface area (Å²) >= 11 is 0. The highest BCUT2D eigenvalue weighted by Gasteiger charge is 2.18. The minimum Gasteiger partial charge on any atom is -0.463 e. The number of rotatable bonds is 8. The summed E-state index contributed by atoms with van der Waals surface area (Å²) in [6, 6.07) is 11.8. The van der Waals surface area contributed by atoms with Gasteiger partial charge in [-0.25, -0.2) is 4.68 Å². The monoisotopic (exact) mass is 437 g/mol. The molecule has 3 amide bonds. The lowest BCUT2D eigenvalue weighted by Crippen LogP contribution is -2.40. The molecule has 3 N–H and O–H groups in total. The van der Waals surface area contributed by atoms with Crippen molar-refractivity contribution in [1.82, 2.24) is 20.4 Å². The van der Waals surface area contributed by atoms with Crippen LogP contribution in [0.4, 0.5) is 5.69 Å². The molecule has 2 heterocycles. The van der Waals surface area contributed by atoms with E-state index in [1.807, 2.05) is 0 Å². The van der Waals surface area contributed by atoms with Crippen molar-refractivity contribution < 1.29 is 18.8 Å². The van der Waals surface area contributed by atoms with E-state index >= 15 is 0 Å². The highest BCUT2D eigenvalue weighted by Crippen LogP contribution is 2.16. The van der Waals surface area contributed by atoms with E-state index in [4.69, 9.17) is 4.42 Å². The molecule has 10 nitrogen and oxygen atoms in total. The predicted molar refractivity (Wildman–Crippen MR) is 117 cm³/mol. The second-order valence-corrected chi connectivity index (χ2v) is 6.96. The Bertz CT molecular complexity index is 1150. The van der Waals surface area contributed by atoms with Gasteiger partial charge in [0.05, 0.1) is 6.26 Å². The molecule has 10 heteroatoms. The first-order chi connectivity index (χ1) is 15.3. The maximum absolute atomic E-state index is 12.5. The van der Waals surface area contributed by atoms with Crippen molar-refractivity contribution in [2.24, 2.45) is 0 Å². The highest BCUT2D eigenvalue weighted by molar-refractivity contribution is 5.95. The molecular formula is C22H23N5O5. The van der Waals surface area contributed by atoms with Crippen molar-refractivity contribution in [3.8, 4) is 11.5 Å². The molecule has 166 valence electrons. The molecule has 0 radical (unpaired) electrons. The molecule has 0 aliphatic rings. The molecule has 1 aromatic carbocycles. The van der Waals surface area contributed by atoms with E-state index in [-0.39, 0.29) is 24.9 Å². The maximum Gasteiger partial charge on any atom is 0.267 e. The second kappa shape index (κ2) is 10.2. The minimum atomic E-state index is -0.852. The Morgan fingerprint density at radius 1 is 1.03 bits per heavy atom. The first-order valence-corrected chi connectivity index (χ1v) is 9.92. The van der Waals surface area contributed by atoms with Crippen LogP contribution in [0.1, 0.15) is 30.2 Å². The topological polar surface area (TPSA) is 135 Å². The summed E-state index contributed by atoms with van der Waals surface area (Å²) in [6.07, 6.45) is 1.49. The van der Waals surface area contributed by atoms with Gasteiger partial charge in [0.2, 0.25) is 11.8 Å². The lowest BCUT2D eigenvalue weighted by Gasteiger charge is -2.15. The van der Waals surface area contributed by atoms with Gasteiger partial charge >= 0.3 is 0 Å². The predicted octanol–water partition coefficient (Wildman–Crippen LogP) is 1.57.